The van der Waals surface area contributed by atoms with Crippen LogP contribution in [0.15, 0.2) is 28.7 Å². The van der Waals surface area contributed by atoms with Gasteiger partial charge in [0.1, 0.15) is 12.4 Å². The average molecular weight is 405 g/mol. The van der Waals surface area contributed by atoms with E-state index in [9.17, 15) is 18.0 Å². The number of hydrogen-bond donors (Lipinski definition) is 3. The number of carboxylic acid groups (broad SMARTS) is 1. The van der Waals surface area contributed by atoms with E-state index in [0.717, 1.165) is 11.6 Å². The second-order valence-corrected chi connectivity index (χ2v) is 5.67. The highest BCUT2D eigenvalue weighted by atomic mass is 79.9. The summed E-state index contributed by atoms with van der Waals surface area (Å²) in [5, 5.41) is 13.6. The van der Waals surface area contributed by atoms with E-state index >= 15 is 0 Å². The predicted octanol–water partition coefficient (Wildman–Crippen LogP) is 3.81. The molecule has 2 aromatic rings. The van der Waals surface area contributed by atoms with Crippen molar-refractivity contribution in [2.45, 2.75) is 13.1 Å². The van der Waals surface area contributed by atoms with Crippen molar-refractivity contribution in [2.24, 2.45) is 0 Å². The number of alkyl halides is 3. The van der Waals surface area contributed by atoms with Crippen molar-refractivity contribution < 1.29 is 23.1 Å². The van der Waals surface area contributed by atoms with Gasteiger partial charge in [-0.3, -0.25) is 4.79 Å². The molecule has 0 bridgehead atoms. The molecule has 3 N–H and O–H groups in total. The molecule has 1 aromatic heterocycles. The SMILES string of the molecule is Cc1ccc(Nc2cc(C(F)(F)F)nc(NCC(=O)O)n2)c(Br)c1. The third-order valence-electron chi connectivity index (χ3n) is 2.80. The van der Waals surface area contributed by atoms with Crippen molar-refractivity contribution >= 4 is 39.4 Å². The lowest BCUT2D eigenvalue weighted by atomic mass is 10.2. The zero-order valence-corrected chi connectivity index (χ0v) is 13.9. The zero-order valence-electron chi connectivity index (χ0n) is 12.3. The first-order valence-electron chi connectivity index (χ1n) is 6.60. The van der Waals surface area contributed by atoms with E-state index < -0.39 is 30.3 Å². The van der Waals surface area contributed by atoms with Crippen molar-refractivity contribution in [1.82, 2.24) is 9.97 Å². The van der Waals surface area contributed by atoms with E-state index in [2.05, 4.69) is 36.5 Å². The molecule has 2 rings (SSSR count). The normalized spacial score (nSPS) is 11.2. The number of nitrogens with zero attached hydrogens (tertiary/aromatic N) is 2. The average Bonchev–Trinajstić information content (AvgIpc) is 2.47. The van der Waals surface area contributed by atoms with Gasteiger partial charge in [0, 0.05) is 10.5 Å². The van der Waals surface area contributed by atoms with Crippen LogP contribution in [0, 0.1) is 6.92 Å². The zero-order chi connectivity index (χ0) is 17.9. The number of aromatic nitrogens is 2. The van der Waals surface area contributed by atoms with E-state index in [0.29, 0.717) is 10.2 Å². The molecule has 1 heterocycles. The molecule has 0 saturated carbocycles. The number of halogens is 4. The van der Waals surface area contributed by atoms with Crippen LogP contribution in [-0.2, 0) is 11.0 Å². The van der Waals surface area contributed by atoms with Gasteiger partial charge in [-0.2, -0.15) is 18.2 Å². The maximum Gasteiger partial charge on any atom is 0.433 e. The maximum atomic E-state index is 12.9. The fraction of sp³-hybridized carbons (Fsp3) is 0.214. The summed E-state index contributed by atoms with van der Waals surface area (Å²) >= 11 is 3.31. The monoisotopic (exact) mass is 404 g/mol. The smallest absolute Gasteiger partial charge is 0.433 e. The topological polar surface area (TPSA) is 87.1 Å². The van der Waals surface area contributed by atoms with Crippen molar-refractivity contribution in [3.63, 3.8) is 0 Å². The number of aliphatic carboxylic acids is 1. The van der Waals surface area contributed by atoms with Crippen LogP contribution in [0.1, 0.15) is 11.3 Å². The Hall–Kier alpha value is -2.36. The number of carbonyl (C=O) groups is 1. The highest BCUT2D eigenvalue weighted by Crippen LogP contribution is 2.32. The Balaban J connectivity index is 2.36. The minimum Gasteiger partial charge on any atom is -0.480 e. The molecule has 10 heteroatoms. The number of hydrogen-bond acceptors (Lipinski definition) is 5. The molecule has 0 aliphatic rings. The molecular formula is C14H12BrF3N4O2. The second kappa shape index (κ2) is 7.04. The number of aryl methyl sites for hydroxylation is 1. The molecule has 0 amide bonds. The van der Waals surface area contributed by atoms with Crippen LogP contribution in [0.2, 0.25) is 0 Å². The highest BCUT2D eigenvalue weighted by Gasteiger charge is 2.33. The predicted molar refractivity (Wildman–Crippen MR) is 85.3 cm³/mol. The number of anilines is 3. The fourth-order valence-corrected chi connectivity index (χ4v) is 2.34. The van der Waals surface area contributed by atoms with Crippen molar-refractivity contribution in [3.8, 4) is 0 Å². The van der Waals surface area contributed by atoms with E-state index in [1.807, 2.05) is 6.92 Å². The van der Waals surface area contributed by atoms with Gasteiger partial charge in [-0.15, -0.1) is 0 Å². The van der Waals surface area contributed by atoms with Crippen molar-refractivity contribution in [2.75, 3.05) is 17.2 Å². The Morgan fingerprint density at radius 1 is 1.29 bits per heavy atom. The first-order valence-corrected chi connectivity index (χ1v) is 7.39. The van der Waals surface area contributed by atoms with Gasteiger partial charge in [0.2, 0.25) is 5.95 Å². The number of carboxylic acids is 1. The van der Waals surface area contributed by atoms with Crippen LogP contribution < -0.4 is 10.6 Å². The Morgan fingerprint density at radius 2 is 2.00 bits per heavy atom. The summed E-state index contributed by atoms with van der Waals surface area (Å²) in [6.07, 6.45) is -4.69. The molecule has 0 aliphatic carbocycles. The third kappa shape index (κ3) is 4.82. The van der Waals surface area contributed by atoms with Crippen LogP contribution in [0.4, 0.5) is 30.6 Å². The minimum atomic E-state index is -4.69. The molecule has 0 unspecified atom stereocenters. The van der Waals surface area contributed by atoms with E-state index in [4.69, 9.17) is 5.11 Å². The summed E-state index contributed by atoms with van der Waals surface area (Å²) in [5.41, 5.74) is 0.294. The summed E-state index contributed by atoms with van der Waals surface area (Å²) < 4.78 is 39.5. The maximum absolute atomic E-state index is 12.9. The van der Waals surface area contributed by atoms with E-state index in [1.165, 1.54) is 0 Å². The van der Waals surface area contributed by atoms with E-state index in [-0.39, 0.29) is 5.82 Å². The van der Waals surface area contributed by atoms with Gasteiger partial charge in [0.25, 0.3) is 0 Å². The molecule has 0 radical (unpaired) electrons. The fourth-order valence-electron chi connectivity index (χ4n) is 1.75. The lowest BCUT2D eigenvalue weighted by molar-refractivity contribution is -0.141. The largest absolute Gasteiger partial charge is 0.480 e. The lowest BCUT2D eigenvalue weighted by Crippen LogP contribution is -2.17. The first-order chi connectivity index (χ1) is 11.1. The molecule has 1 aromatic carbocycles. The van der Waals surface area contributed by atoms with Crippen LogP contribution >= 0.6 is 15.9 Å². The van der Waals surface area contributed by atoms with Crippen LogP contribution in [0.5, 0.6) is 0 Å². The second-order valence-electron chi connectivity index (χ2n) is 4.82. The first kappa shape index (κ1) is 18.0. The van der Waals surface area contributed by atoms with Gasteiger partial charge < -0.3 is 15.7 Å². The van der Waals surface area contributed by atoms with Gasteiger partial charge in [0.15, 0.2) is 5.69 Å². The molecule has 0 fully saturated rings. The summed E-state index contributed by atoms with van der Waals surface area (Å²) in [7, 11) is 0. The number of benzene rings is 1. The quantitative estimate of drug-likeness (QED) is 0.702. The third-order valence-corrected chi connectivity index (χ3v) is 3.46. The lowest BCUT2D eigenvalue weighted by Gasteiger charge is -2.13. The van der Waals surface area contributed by atoms with Crippen LogP contribution in [0.25, 0.3) is 0 Å². The van der Waals surface area contributed by atoms with Gasteiger partial charge in [-0.05, 0) is 40.5 Å². The minimum absolute atomic E-state index is 0.116. The molecule has 6 nitrogen and oxygen atoms in total. The van der Waals surface area contributed by atoms with Crippen molar-refractivity contribution in [1.29, 1.82) is 0 Å². The summed E-state index contributed by atoms with van der Waals surface area (Å²) in [6.45, 7) is 1.27. The highest BCUT2D eigenvalue weighted by molar-refractivity contribution is 9.10. The summed E-state index contributed by atoms with van der Waals surface area (Å²) in [6, 6.07) is 6.00. The van der Waals surface area contributed by atoms with Crippen LogP contribution in [0.3, 0.4) is 0 Å². The molecule has 24 heavy (non-hydrogen) atoms. The van der Waals surface area contributed by atoms with Crippen LogP contribution in [-0.4, -0.2) is 27.6 Å². The molecule has 128 valence electrons. The number of rotatable bonds is 5. The molecular weight excluding hydrogens is 393 g/mol. The number of nitrogens with one attached hydrogen (secondary N) is 2. The molecule has 0 atom stereocenters. The molecule has 0 aliphatic heterocycles. The van der Waals surface area contributed by atoms with Gasteiger partial charge in [-0.1, -0.05) is 6.07 Å². The Morgan fingerprint density at radius 3 is 2.58 bits per heavy atom. The Bertz CT molecular complexity index is 768. The molecule has 0 spiro atoms. The standard InChI is InChI=1S/C14H12BrF3N4O2/c1-7-2-3-9(8(15)4-7)20-11-5-10(14(16,17)18)21-13(22-11)19-6-12(23)24/h2-5H,6H2,1H3,(H,23,24)(H2,19,20,21,22). The Labute approximate surface area is 143 Å². The van der Waals surface area contributed by atoms with Crippen molar-refractivity contribution in [3.05, 3.63) is 40.0 Å². The van der Waals surface area contributed by atoms with Gasteiger partial charge >= 0.3 is 12.1 Å². The van der Waals surface area contributed by atoms with Gasteiger partial charge in [0.05, 0.1) is 5.69 Å². The summed E-state index contributed by atoms with van der Waals surface area (Å²) in [5.74, 6) is -1.79. The Kier molecular flexibility index (Phi) is 5.27. The van der Waals surface area contributed by atoms with Gasteiger partial charge in [-0.25, -0.2) is 4.98 Å². The van der Waals surface area contributed by atoms with E-state index in [1.54, 1.807) is 18.2 Å². The molecule has 0 saturated heterocycles. The summed E-state index contributed by atoms with van der Waals surface area (Å²) in [4.78, 5) is 17.7.